The molecule has 2 heterocycles. The largest absolute Gasteiger partial charge is 0.478 e. The Morgan fingerprint density at radius 2 is 2.38 bits per heavy atom. The highest BCUT2D eigenvalue weighted by molar-refractivity contribution is 7.14. The van der Waals surface area contributed by atoms with Crippen LogP contribution in [0.5, 0.6) is 0 Å². The molecule has 0 spiro atoms. The van der Waals surface area contributed by atoms with Gasteiger partial charge < -0.3 is 5.11 Å². The van der Waals surface area contributed by atoms with Gasteiger partial charge in [0.25, 0.3) is 0 Å². The molecule has 2 rings (SSSR count). The number of thiophene rings is 1. The quantitative estimate of drug-likeness (QED) is 0.825. The molecule has 1 fully saturated rings. The number of hydrogen-bond donors (Lipinski definition) is 2. The van der Waals surface area contributed by atoms with E-state index in [1.807, 2.05) is 0 Å². The Labute approximate surface area is 95.4 Å². The van der Waals surface area contributed by atoms with E-state index in [1.54, 1.807) is 5.38 Å². The maximum absolute atomic E-state index is 11.6. The van der Waals surface area contributed by atoms with E-state index in [1.165, 1.54) is 22.5 Å². The molecular formula is C9H10N2O4S. The van der Waals surface area contributed by atoms with Crippen LogP contribution in [0.15, 0.2) is 11.4 Å². The Morgan fingerprint density at radius 1 is 1.56 bits per heavy atom. The van der Waals surface area contributed by atoms with Crippen LogP contribution in [0.1, 0.15) is 16.8 Å². The van der Waals surface area contributed by atoms with E-state index >= 15 is 0 Å². The maximum Gasteiger partial charge on any atom is 0.346 e. The first-order valence-electron chi connectivity index (χ1n) is 4.70. The smallest absolute Gasteiger partial charge is 0.346 e. The third kappa shape index (κ3) is 2.15. The van der Waals surface area contributed by atoms with Gasteiger partial charge in [-0.1, -0.05) is 0 Å². The molecule has 1 aromatic rings. The summed E-state index contributed by atoms with van der Waals surface area (Å²) in [5, 5.41) is 14.5. The molecule has 0 aliphatic carbocycles. The summed E-state index contributed by atoms with van der Waals surface area (Å²) in [5.74, 6) is -1.06. The topological polar surface area (TPSA) is 78.9 Å². The number of rotatable bonds is 2. The van der Waals surface area contributed by atoms with Gasteiger partial charge in [-0.2, -0.15) is 0 Å². The van der Waals surface area contributed by atoms with Gasteiger partial charge in [-0.3, -0.25) is 10.2 Å². The van der Waals surface area contributed by atoms with Crippen LogP contribution in [-0.4, -0.2) is 35.3 Å². The molecule has 0 bridgehead atoms. The summed E-state index contributed by atoms with van der Waals surface area (Å²) in [6.07, 6.45) is 0.795. The summed E-state index contributed by atoms with van der Waals surface area (Å²) in [5.41, 5.74) is 0.0950. The van der Waals surface area contributed by atoms with Gasteiger partial charge in [-0.25, -0.2) is 14.7 Å². The number of carboxylic acid groups (broad SMARTS) is 1. The van der Waals surface area contributed by atoms with Crippen molar-refractivity contribution in [3.63, 3.8) is 0 Å². The van der Waals surface area contributed by atoms with Crippen LogP contribution in [0.25, 0.3) is 0 Å². The molecule has 1 aliphatic heterocycles. The summed E-state index contributed by atoms with van der Waals surface area (Å²) in [4.78, 5) is 27.4. The first-order valence-corrected chi connectivity index (χ1v) is 5.58. The van der Waals surface area contributed by atoms with Crippen LogP contribution in [-0.2, 0) is 4.84 Å². The van der Waals surface area contributed by atoms with Crippen LogP contribution < -0.4 is 5.32 Å². The molecule has 86 valence electrons. The molecule has 16 heavy (non-hydrogen) atoms. The van der Waals surface area contributed by atoms with Crippen molar-refractivity contribution in [1.29, 1.82) is 0 Å². The minimum Gasteiger partial charge on any atom is -0.478 e. The highest BCUT2D eigenvalue weighted by Crippen LogP contribution is 2.23. The molecule has 0 aromatic carbocycles. The second kappa shape index (κ2) is 4.50. The van der Waals surface area contributed by atoms with E-state index in [2.05, 4.69) is 5.32 Å². The highest BCUT2D eigenvalue weighted by Gasteiger charge is 2.21. The summed E-state index contributed by atoms with van der Waals surface area (Å²) in [6.45, 7) is 1.04. The van der Waals surface area contributed by atoms with Crippen LogP contribution in [0.4, 0.5) is 9.80 Å². The number of aromatic carboxylic acids is 1. The van der Waals surface area contributed by atoms with Crippen molar-refractivity contribution in [3.8, 4) is 0 Å². The summed E-state index contributed by atoms with van der Waals surface area (Å²) < 4.78 is 0. The average Bonchev–Trinajstić information content (AvgIpc) is 2.86. The Morgan fingerprint density at radius 3 is 3.00 bits per heavy atom. The monoisotopic (exact) mass is 242 g/mol. The van der Waals surface area contributed by atoms with Crippen molar-refractivity contribution in [2.45, 2.75) is 6.42 Å². The van der Waals surface area contributed by atoms with Crippen molar-refractivity contribution in [1.82, 2.24) is 5.06 Å². The van der Waals surface area contributed by atoms with E-state index in [-0.39, 0.29) is 5.56 Å². The maximum atomic E-state index is 11.6. The van der Waals surface area contributed by atoms with Gasteiger partial charge in [-0.05, 0) is 17.9 Å². The third-order valence-corrected chi connectivity index (χ3v) is 2.93. The predicted molar refractivity (Wildman–Crippen MR) is 57.6 cm³/mol. The molecule has 0 radical (unpaired) electrons. The predicted octanol–water partition coefficient (Wildman–Crippen LogP) is 1.62. The lowest BCUT2D eigenvalue weighted by Crippen LogP contribution is -2.31. The Hall–Kier alpha value is -1.60. The van der Waals surface area contributed by atoms with Gasteiger partial charge in [0.05, 0.1) is 18.7 Å². The molecule has 1 saturated heterocycles. The molecule has 2 N–H and O–H groups in total. The first-order chi connectivity index (χ1) is 7.68. The Kier molecular flexibility index (Phi) is 3.07. The Balaban J connectivity index is 2.05. The number of nitrogens with one attached hydrogen (secondary N) is 1. The van der Waals surface area contributed by atoms with Gasteiger partial charge in [-0.15, -0.1) is 11.3 Å². The summed E-state index contributed by atoms with van der Waals surface area (Å²) >= 11 is 1.17. The molecule has 0 atom stereocenters. The zero-order valence-corrected chi connectivity index (χ0v) is 9.12. The van der Waals surface area contributed by atoms with Crippen molar-refractivity contribution in [2.75, 3.05) is 18.5 Å². The second-order valence-electron chi connectivity index (χ2n) is 3.19. The van der Waals surface area contributed by atoms with E-state index in [4.69, 9.17) is 9.94 Å². The number of carboxylic acids is 1. The fourth-order valence-electron chi connectivity index (χ4n) is 1.34. The fraction of sp³-hybridized carbons (Fsp3) is 0.333. The SMILES string of the molecule is O=C(O)c1ccsc1NC(=O)N1CCCO1. The molecule has 0 saturated carbocycles. The van der Waals surface area contributed by atoms with Crippen molar-refractivity contribution < 1.29 is 19.5 Å². The third-order valence-electron chi connectivity index (χ3n) is 2.10. The average molecular weight is 242 g/mol. The fourth-order valence-corrected chi connectivity index (χ4v) is 2.11. The lowest BCUT2D eigenvalue weighted by atomic mass is 10.3. The van der Waals surface area contributed by atoms with Crippen LogP contribution >= 0.6 is 11.3 Å². The highest BCUT2D eigenvalue weighted by atomic mass is 32.1. The molecule has 0 unspecified atom stereocenters. The number of urea groups is 1. The van der Waals surface area contributed by atoms with Crippen LogP contribution in [0.2, 0.25) is 0 Å². The number of carbonyl (C=O) groups excluding carboxylic acids is 1. The molecule has 6 nitrogen and oxygen atoms in total. The van der Waals surface area contributed by atoms with Gasteiger partial charge in [0.2, 0.25) is 0 Å². The van der Waals surface area contributed by atoms with Gasteiger partial charge >= 0.3 is 12.0 Å². The van der Waals surface area contributed by atoms with Gasteiger partial charge in [0.15, 0.2) is 0 Å². The Bertz CT molecular complexity index is 411. The standard InChI is InChI=1S/C9H10N2O4S/c12-8(13)6-2-5-16-7(6)10-9(14)11-3-1-4-15-11/h2,5H,1,3-4H2,(H,10,14)(H,12,13). The molecule has 1 aromatic heterocycles. The molecule has 2 amide bonds. The minimum absolute atomic E-state index is 0.0950. The van der Waals surface area contributed by atoms with E-state index in [0.29, 0.717) is 18.2 Å². The van der Waals surface area contributed by atoms with Crippen molar-refractivity contribution in [2.24, 2.45) is 0 Å². The molecule has 7 heteroatoms. The summed E-state index contributed by atoms with van der Waals surface area (Å²) in [7, 11) is 0. The molecular weight excluding hydrogens is 232 g/mol. The first kappa shape index (κ1) is 10.9. The number of hydroxylamine groups is 2. The molecule has 1 aliphatic rings. The lowest BCUT2D eigenvalue weighted by Gasteiger charge is -2.14. The number of amides is 2. The van der Waals surface area contributed by atoms with Crippen LogP contribution in [0.3, 0.4) is 0 Å². The number of anilines is 1. The number of hydrogen-bond acceptors (Lipinski definition) is 4. The van der Waals surface area contributed by atoms with Crippen LogP contribution in [0, 0.1) is 0 Å². The van der Waals surface area contributed by atoms with Crippen molar-refractivity contribution >= 4 is 28.3 Å². The number of nitrogens with zero attached hydrogens (tertiary/aromatic N) is 1. The van der Waals surface area contributed by atoms with Crippen molar-refractivity contribution in [3.05, 3.63) is 17.0 Å². The zero-order valence-electron chi connectivity index (χ0n) is 8.30. The normalized spacial score (nSPS) is 15.1. The zero-order chi connectivity index (χ0) is 11.5. The van der Waals surface area contributed by atoms with Gasteiger partial charge in [0, 0.05) is 0 Å². The minimum atomic E-state index is -1.06. The lowest BCUT2D eigenvalue weighted by molar-refractivity contribution is -0.0613. The van der Waals surface area contributed by atoms with E-state index < -0.39 is 12.0 Å². The second-order valence-corrected chi connectivity index (χ2v) is 4.10. The summed E-state index contributed by atoms with van der Waals surface area (Å²) in [6, 6.07) is 1.02. The van der Waals surface area contributed by atoms with Gasteiger partial charge in [0.1, 0.15) is 5.00 Å². The van der Waals surface area contributed by atoms with E-state index in [9.17, 15) is 9.59 Å². The van der Waals surface area contributed by atoms with E-state index in [0.717, 1.165) is 6.42 Å². The number of carbonyl (C=O) groups is 2.